The Kier molecular flexibility index (Phi) is 2.37. The summed E-state index contributed by atoms with van der Waals surface area (Å²) < 4.78 is 7.37. The Labute approximate surface area is 84.3 Å². The van der Waals surface area contributed by atoms with Gasteiger partial charge in [0.05, 0.1) is 13.2 Å². The standard InChI is InChI=1S/C11H17NO2/c1-9-3-4-10(2)12(9)7-11(13)5-6-14-8-11/h3-4,13H,5-8H2,1-2H3. The van der Waals surface area contributed by atoms with Crippen molar-refractivity contribution in [3.63, 3.8) is 0 Å². The summed E-state index contributed by atoms with van der Waals surface area (Å²) in [5, 5.41) is 10.2. The van der Waals surface area contributed by atoms with Crippen LogP contribution in [0.1, 0.15) is 17.8 Å². The Morgan fingerprint density at radius 2 is 2.07 bits per heavy atom. The average molecular weight is 195 g/mol. The van der Waals surface area contributed by atoms with E-state index in [0.29, 0.717) is 19.8 Å². The highest BCUT2D eigenvalue weighted by Crippen LogP contribution is 2.22. The number of hydrogen-bond acceptors (Lipinski definition) is 2. The van der Waals surface area contributed by atoms with Crippen molar-refractivity contribution in [2.24, 2.45) is 0 Å². The van der Waals surface area contributed by atoms with Gasteiger partial charge < -0.3 is 14.4 Å². The quantitative estimate of drug-likeness (QED) is 0.770. The molecule has 78 valence electrons. The number of aliphatic hydroxyl groups is 1. The van der Waals surface area contributed by atoms with Crippen molar-refractivity contribution in [1.82, 2.24) is 4.57 Å². The molecule has 1 aliphatic rings. The second-order valence-electron chi connectivity index (χ2n) is 4.23. The first-order valence-electron chi connectivity index (χ1n) is 5.04. The first-order chi connectivity index (χ1) is 6.61. The SMILES string of the molecule is Cc1ccc(C)n1CC1(O)CCOC1. The molecule has 0 radical (unpaired) electrons. The van der Waals surface area contributed by atoms with Crippen LogP contribution < -0.4 is 0 Å². The Morgan fingerprint density at radius 3 is 2.57 bits per heavy atom. The van der Waals surface area contributed by atoms with Crippen molar-refractivity contribution in [2.45, 2.75) is 32.4 Å². The molecule has 1 saturated heterocycles. The minimum absolute atomic E-state index is 0.462. The predicted molar refractivity (Wildman–Crippen MR) is 54.3 cm³/mol. The Morgan fingerprint density at radius 1 is 1.43 bits per heavy atom. The molecule has 1 fully saturated rings. The monoisotopic (exact) mass is 195 g/mol. The van der Waals surface area contributed by atoms with E-state index in [-0.39, 0.29) is 0 Å². The average Bonchev–Trinajstić information content (AvgIpc) is 2.68. The van der Waals surface area contributed by atoms with Crippen molar-refractivity contribution < 1.29 is 9.84 Å². The van der Waals surface area contributed by atoms with Gasteiger partial charge in [-0.05, 0) is 26.0 Å². The summed E-state index contributed by atoms with van der Waals surface area (Å²) in [5.74, 6) is 0. The fourth-order valence-corrected chi connectivity index (χ4v) is 1.96. The number of aryl methyl sites for hydroxylation is 2. The summed E-state index contributed by atoms with van der Waals surface area (Å²) in [6.07, 6.45) is 0.740. The first-order valence-corrected chi connectivity index (χ1v) is 5.04. The largest absolute Gasteiger partial charge is 0.386 e. The summed E-state index contributed by atoms with van der Waals surface area (Å²) in [4.78, 5) is 0. The van der Waals surface area contributed by atoms with Crippen LogP contribution in [0, 0.1) is 13.8 Å². The zero-order chi connectivity index (χ0) is 10.2. The number of hydrogen-bond donors (Lipinski definition) is 1. The van der Waals surface area contributed by atoms with Crippen LogP contribution in [0.2, 0.25) is 0 Å². The summed E-state index contributed by atoms with van der Waals surface area (Å²) >= 11 is 0. The minimum Gasteiger partial charge on any atom is -0.386 e. The van der Waals surface area contributed by atoms with Crippen LogP contribution in [-0.4, -0.2) is 28.5 Å². The van der Waals surface area contributed by atoms with Gasteiger partial charge >= 0.3 is 0 Å². The molecular formula is C11H17NO2. The molecule has 0 aromatic carbocycles. The summed E-state index contributed by atoms with van der Waals surface area (Å²) in [7, 11) is 0. The van der Waals surface area contributed by atoms with Crippen LogP contribution in [0.4, 0.5) is 0 Å². The Hall–Kier alpha value is -0.800. The molecule has 0 bridgehead atoms. The molecule has 2 rings (SSSR count). The van der Waals surface area contributed by atoms with Gasteiger partial charge in [0.2, 0.25) is 0 Å². The smallest absolute Gasteiger partial charge is 0.108 e. The lowest BCUT2D eigenvalue weighted by molar-refractivity contribution is 0.0111. The number of ether oxygens (including phenoxy) is 1. The van der Waals surface area contributed by atoms with Gasteiger partial charge in [-0.1, -0.05) is 0 Å². The normalized spacial score (nSPS) is 27.1. The van der Waals surface area contributed by atoms with E-state index in [9.17, 15) is 5.11 Å². The van der Waals surface area contributed by atoms with E-state index in [1.165, 1.54) is 11.4 Å². The molecule has 14 heavy (non-hydrogen) atoms. The highest BCUT2D eigenvalue weighted by molar-refractivity contribution is 5.14. The fourth-order valence-electron chi connectivity index (χ4n) is 1.96. The molecule has 1 aromatic heterocycles. The van der Waals surface area contributed by atoms with Crippen molar-refractivity contribution in [3.8, 4) is 0 Å². The van der Waals surface area contributed by atoms with Gasteiger partial charge in [-0.25, -0.2) is 0 Å². The second-order valence-corrected chi connectivity index (χ2v) is 4.23. The maximum Gasteiger partial charge on any atom is 0.108 e. The van der Waals surface area contributed by atoms with E-state index >= 15 is 0 Å². The number of nitrogens with zero attached hydrogens (tertiary/aromatic N) is 1. The lowest BCUT2D eigenvalue weighted by Crippen LogP contribution is -2.35. The van der Waals surface area contributed by atoms with Crippen LogP contribution in [0.15, 0.2) is 12.1 Å². The molecule has 1 N–H and O–H groups in total. The molecule has 3 heteroatoms. The lowest BCUT2D eigenvalue weighted by atomic mass is 10.0. The van der Waals surface area contributed by atoms with E-state index in [4.69, 9.17) is 4.74 Å². The molecule has 0 spiro atoms. The lowest BCUT2D eigenvalue weighted by Gasteiger charge is -2.23. The van der Waals surface area contributed by atoms with Gasteiger partial charge in [0.1, 0.15) is 5.60 Å². The molecule has 1 atom stereocenters. The van der Waals surface area contributed by atoms with Crippen LogP contribution in [0.3, 0.4) is 0 Å². The Bertz CT molecular complexity index is 305. The van der Waals surface area contributed by atoms with Gasteiger partial charge in [-0.15, -0.1) is 0 Å². The van der Waals surface area contributed by atoms with E-state index in [1.54, 1.807) is 0 Å². The van der Waals surface area contributed by atoms with Crippen LogP contribution in [0.25, 0.3) is 0 Å². The zero-order valence-corrected chi connectivity index (χ0v) is 8.79. The molecule has 0 amide bonds. The van der Waals surface area contributed by atoms with Gasteiger partial charge in [0.25, 0.3) is 0 Å². The molecule has 0 aliphatic carbocycles. The van der Waals surface area contributed by atoms with E-state index in [2.05, 4.69) is 30.5 Å². The third-order valence-corrected chi connectivity index (χ3v) is 2.95. The maximum absolute atomic E-state index is 10.2. The number of aromatic nitrogens is 1. The van der Waals surface area contributed by atoms with Crippen molar-refractivity contribution >= 4 is 0 Å². The molecule has 2 heterocycles. The highest BCUT2D eigenvalue weighted by Gasteiger charge is 2.33. The number of rotatable bonds is 2. The van der Waals surface area contributed by atoms with Gasteiger partial charge in [-0.2, -0.15) is 0 Å². The second kappa shape index (κ2) is 3.41. The molecular weight excluding hydrogens is 178 g/mol. The molecule has 1 aromatic rings. The van der Waals surface area contributed by atoms with E-state index in [1.807, 2.05) is 0 Å². The minimum atomic E-state index is -0.658. The van der Waals surface area contributed by atoms with Crippen molar-refractivity contribution in [2.75, 3.05) is 13.2 Å². The van der Waals surface area contributed by atoms with Gasteiger partial charge in [0.15, 0.2) is 0 Å². The molecule has 1 unspecified atom stereocenters. The van der Waals surface area contributed by atoms with Gasteiger partial charge in [0, 0.05) is 24.4 Å². The van der Waals surface area contributed by atoms with E-state index < -0.39 is 5.60 Å². The van der Waals surface area contributed by atoms with Gasteiger partial charge in [-0.3, -0.25) is 0 Å². The predicted octanol–water partition coefficient (Wildman–Crippen LogP) is 1.26. The van der Waals surface area contributed by atoms with Crippen LogP contribution >= 0.6 is 0 Å². The van der Waals surface area contributed by atoms with Crippen molar-refractivity contribution in [1.29, 1.82) is 0 Å². The fraction of sp³-hybridized carbons (Fsp3) is 0.636. The van der Waals surface area contributed by atoms with Crippen molar-refractivity contribution in [3.05, 3.63) is 23.5 Å². The third kappa shape index (κ3) is 1.70. The third-order valence-electron chi connectivity index (χ3n) is 2.95. The summed E-state index contributed by atoms with van der Waals surface area (Å²) in [6, 6.07) is 4.16. The summed E-state index contributed by atoms with van der Waals surface area (Å²) in [5.41, 5.74) is 1.74. The van der Waals surface area contributed by atoms with Crippen LogP contribution in [-0.2, 0) is 11.3 Å². The zero-order valence-electron chi connectivity index (χ0n) is 8.79. The molecule has 0 saturated carbocycles. The topological polar surface area (TPSA) is 34.4 Å². The first kappa shape index (κ1) is 9.74. The highest BCUT2D eigenvalue weighted by atomic mass is 16.5. The maximum atomic E-state index is 10.2. The molecule has 3 nitrogen and oxygen atoms in total. The summed E-state index contributed by atoms with van der Waals surface area (Å²) in [6.45, 7) is 5.91. The Balaban J connectivity index is 2.17. The van der Waals surface area contributed by atoms with Crippen LogP contribution in [0.5, 0.6) is 0 Å². The van der Waals surface area contributed by atoms with E-state index in [0.717, 1.165) is 6.42 Å². The molecule has 1 aliphatic heterocycles.